The summed E-state index contributed by atoms with van der Waals surface area (Å²) in [5, 5.41) is 0. The maximum absolute atomic E-state index is 12.9. The fourth-order valence-electron chi connectivity index (χ4n) is 2.98. The van der Waals surface area contributed by atoms with Crippen LogP contribution in [0, 0.1) is 6.92 Å². The molecule has 0 saturated heterocycles. The summed E-state index contributed by atoms with van der Waals surface area (Å²) >= 11 is 0. The molecular formula is C20H26N2O2. The van der Waals surface area contributed by atoms with E-state index in [4.69, 9.17) is 4.74 Å². The Labute approximate surface area is 144 Å². The SMILES string of the molecule is CCN(CC)C(=O)c1ccccc1N(C)c1c(C)cccc1OC. The second-order valence-electron chi connectivity index (χ2n) is 5.68. The van der Waals surface area contributed by atoms with Gasteiger partial charge in [-0.2, -0.15) is 0 Å². The van der Waals surface area contributed by atoms with Crippen molar-refractivity contribution in [1.29, 1.82) is 0 Å². The first-order valence-corrected chi connectivity index (χ1v) is 8.30. The Morgan fingerprint density at radius 3 is 2.33 bits per heavy atom. The Morgan fingerprint density at radius 2 is 1.71 bits per heavy atom. The largest absolute Gasteiger partial charge is 0.495 e. The van der Waals surface area contributed by atoms with E-state index in [0.717, 1.165) is 22.7 Å². The van der Waals surface area contributed by atoms with Crippen LogP contribution in [0.3, 0.4) is 0 Å². The maximum atomic E-state index is 12.9. The van der Waals surface area contributed by atoms with Crippen LogP contribution in [0.5, 0.6) is 5.75 Å². The van der Waals surface area contributed by atoms with Gasteiger partial charge >= 0.3 is 0 Å². The Bertz CT molecular complexity index is 709. The van der Waals surface area contributed by atoms with Crippen molar-refractivity contribution in [3.63, 3.8) is 0 Å². The molecule has 0 radical (unpaired) electrons. The number of carbonyl (C=O) groups is 1. The number of anilines is 2. The van der Waals surface area contributed by atoms with E-state index in [1.54, 1.807) is 7.11 Å². The van der Waals surface area contributed by atoms with E-state index in [9.17, 15) is 4.79 Å². The van der Waals surface area contributed by atoms with Gasteiger partial charge in [-0.15, -0.1) is 0 Å². The molecule has 24 heavy (non-hydrogen) atoms. The summed E-state index contributed by atoms with van der Waals surface area (Å²) in [6.45, 7) is 7.43. The van der Waals surface area contributed by atoms with Crippen LogP contribution in [-0.2, 0) is 0 Å². The van der Waals surface area contributed by atoms with Gasteiger partial charge in [0.2, 0.25) is 0 Å². The van der Waals surface area contributed by atoms with Crippen LogP contribution in [0.4, 0.5) is 11.4 Å². The number of benzene rings is 2. The second-order valence-corrected chi connectivity index (χ2v) is 5.68. The number of amides is 1. The van der Waals surface area contributed by atoms with Crippen molar-refractivity contribution in [1.82, 2.24) is 4.90 Å². The van der Waals surface area contributed by atoms with Crippen molar-refractivity contribution in [3.8, 4) is 5.75 Å². The molecule has 0 spiro atoms. The Kier molecular flexibility index (Phi) is 5.85. The first kappa shape index (κ1) is 17.9. The van der Waals surface area contributed by atoms with Gasteiger partial charge in [0.15, 0.2) is 0 Å². The van der Waals surface area contributed by atoms with Crippen molar-refractivity contribution in [2.45, 2.75) is 20.8 Å². The van der Waals surface area contributed by atoms with Gasteiger partial charge in [0.05, 0.1) is 24.0 Å². The predicted octanol–water partition coefficient (Wildman–Crippen LogP) is 4.25. The summed E-state index contributed by atoms with van der Waals surface area (Å²) in [4.78, 5) is 16.7. The average molecular weight is 326 g/mol. The normalized spacial score (nSPS) is 10.4. The van der Waals surface area contributed by atoms with Crippen LogP contribution >= 0.6 is 0 Å². The van der Waals surface area contributed by atoms with Gasteiger partial charge in [0, 0.05) is 20.1 Å². The summed E-state index contributed by atoms with van der Waals surface area (Å²) in [7, 11) is 3.64. The number of nitrogens with zero attached hydrogens (tertiary/aromatic N) is 2. The molecule has 0 saturated carbocycles. The van der Waals surface area contributed by atoms with Gasteiger partial charge in [-0.25, -0.2) is 0 Å². The van der Waals surface area contributed by atoms with E-state index in [2.05, 4.69) is 0 Å². The number of hydrogen-bond donors (Lipinski definition) is 0. The molecule has 0 bridgehead atoms. The number of methoxy groups -OCH3 is 1. The molecule has 2 aromatic carbocycles. The lowest BCUT2D eigenvalue weighted by Crippen LogP contribution is -2.31. The lowest BCUT2D eigenvalue weighted by atomic mass is 10.1. The molecule has 0 aliphatic carbocycles. The molecule has 0 unspecified atom stereocenters. The van der Waals surface area contributed by atoms with Crippen molar-refractivity contribution in [3.05, 3.63) is 53.6 Å². The first-order valence-electron chi connectivity index (χ1n) is 8.30. The smallest absolute Gasteiger partial charge is 0.255 e. The fourth-order valence-corrected chi connectivity index (χ4v) is 2.98. The standard InChI is InChI=1S/C20H26N2O2/c1-6-22(7-2)20(23)16-12-8-9-13-17(16)21(4)19-15(3)11-10-14-18(19)24-5/h8-14H,6-7H2,1-5H3. The summed E-state index contributed by atoms with van der Waals surface area (Å²) < 4.78 is 5.52. The minimum absolute atomic E-state index is 0.0509. The molecule has 0 aliphatic rings. The maximum Gasteiger partial charge on any atom is 0.255 e. The number of hydrogen-bond acceptors (Lipinski definition) is 3. The average Bonchev–Trinajstić information content (AvgIpc) is 2.61. The second kappa shape index (κ2) is 7.86. The zero-order valence-corrected chi connectivity index (χ0v) is 15.2. The molecule has 4 nitrogen and oxygen atoms in total. The molecule has 0 fully saturated rings. The molecule has 128 valence electrons. The number of para-hydroxylation sites is 2. The Morgan fingerprint density at radius 1 is 1.04 bits per heavy atom. The van der Waals surface area contributed by atoms with Crippen LogP contribution in [0.25, 0.3) is 0 Å². The van der Waals surface area contributed by atoms with E-state index >= 15 is 0 Å². The lowest BCUT2D eigenvalue weighted by molar-refractivity contribution is 0.0773. The molecular weight excluding hydrogens is 300 g/mol. The lowest BCUT2D eigenvalue weighted by Gasteiger charge is -2.27. The molecule has 0 N–H and O–H groups in total. The fraction of sp³-hybridized carbons (Fsp3) is 0.350. The molecule has 0 atom stereocenters. The van der Waals surface area contributed by atoms with E-state index < -0.39 is 0 Å². The van der Waals surface area contributed by atoms with E-state index in [1.807, 2.05) is 80.1 Å². The number of aryl methyl sites for hydroxylation is 1. The van der Waals surface area contributed by atoms with Crippen molar-refractivity contribution in [2.24, 2.45) is 0 Å². The highest BCUT2D eigenvalue weighted by atomic mass is 16.5. The highest BCUT2D eigenvalue weighted by Gasteiger charge is 2.21. The molecule has 4 heteroatoms. The molecule has 1 amide bonds. The minimum Gasteiger partial charge on any atom is -0.495 e. The topological polar surface area (TPSA) is 32.8 Å². The van der Waals surface area contributed by atoms with Crippen LogP contribution in [0.1, 0.15) is 29.8 Å². The summed E-state index contributed by atoms with van der Waals surface area (Å²) in [5.41, 5.74) is 3.65. The van der Waals surface area contributed by atoms with Gasteiger partial charge in [0.25, 0.3) is 5.91 Å². The molecule has 0 aliphatic heterocycles. The first-order chi connectivity index (χ1) is 11.5. The van der Waals surface area contributed by atoms with E-state index in [0.29, 0.717) is 18.7 Å². The van der Waals surface area contributed by atoms with Crippen molar-refractivity contribution >= 4 is 17.3 Å². The van der Waals surface area contributed by atoms with Crippen LogP contribution < -0.4 is 9.64 Å². The van der Waals surface area contributed by atoms with Crippen LogP contribution in [-0.4, -0.2) is 38.1 Å². The Hall–Kier alpha value is -2.49. The third-order valence-electron chi connectivity index (χ3n) is 4.30. The van der Waals surface area contributed by atoms with Crippen LogP contribution in [0.2, 0.25) is 0 Å². The molecule has 2 aromatic rings. The van der Waals surface area contributed by atoms with Crippen LogP contribution in [0.15, 0.2) is 42.5 Å². The quantitative estimate of drug-likeness (QED) is 0.795. The van der Waals surface area contributed by atoms with Gasteiger partial charge in [0.1, 0.15) is 5.75 Å². The number of rotatable bonds is 6. The van der Waals surface area contributed by atoms with E-state index in [1.165, 1.54) is 0 Å². The van der Waals surface area contributed by atoms with Crippen molar-refractivity contribution in [2.75, 3.05) is 32.1 Å². The third kappa shape index (κ3) is 3.37. The predicted molar refractivity (Wildman–Crippen MR) is 99.5 cm³/mol. The van der Waals surface area contributed by atoms with Gasteiger partial charge in [-0.3, -0.25) is 4.79 Å². The monoisotopic (exact) mass is 326 g/mol. The highest BCUT2D eigenvalue weighted by molar-refractivity contribution is 6.01. The van der Waals surface area contributed by atoms with Gasteiger partial charge < -0.3 is 14.5 Å². The highest BCUT2D eigenvalue weighted by Crippen LogP contribution is 2.37. The number of carbonyl (C=O) groups excluding carboxylic acids is 1. The van der Waals surface area contributed by atoms with Gasteiger partial charge in [-0.05, 0) is 44.5 Å². The molecule has 0 aromatic heterocycles. The van der Waals surface area contributed by atoms with Crippen molar-refractivity contribution < 1.29 is 9.53 Å². The number of ether oxygens (including phenoxy) is 1. The summed E-state index contributed by atoms with van der Waals surface area (Å²) in [6.07, 6.45) is 0. The third-order valence-corrected chi connectivity index (χ3v) is 4.30. The Balaban J connectivity index is 2.52. The molecule has 2 rings (SSSR count). The van der Waals surface area contributed by atoms with Gasteiger partial charge in [-0.1, -0.05) is 24.3 Å². The summed E-state index contributed by atoms with van der Waals surface area (Å²) in [5.74, 6) is 0.845. The summed E-state index contributed by atoms with van der Waals surface area (Å²) in [6, 6.07) is 13.7. The minimum atomic E-state index is 0.0509. The zero-order chi connectivity index (χ0) is 17.7. The molecule has 0 heterocycles. The van der Waals surface area contributed by atoms with E-state index in [-0.39, 0.29) is 5.91 Å². The zero-order valence-electron chi connectivity index (χ0n) is 15.2.